The topological polar surface area (TPSA) is 17.8 Å². The second-order valence-corrected chi connectivity index (χ2v) is 7.10. The van der Waals surface area contributed by atoms with E-state index < -0.39 is 0 Å². The van der Waals surface area contributed by atoms with E-state index in [4.69, 9.17) is 4.98 Å². The van der Waals surface area contributed by atoms with E-state index in [1.165, 1.54) is 11.1 Å². The highest BCUT2D eigenvalue weighted by atomic mass is 79.9. The summed E-state index contributed by atoms with van der Waals surface area (Å²) >= 11 is 5.69. The lowest BCUT2D eigenvalue weighted by atomic mass is 10.0. The molecule has 2 unspecified atom stereocenters. The van der Waals surface area contributed by atoms with E-state index in [9.17, 15) is 0 Å². The predicted octanol–water partition coefficient (Wildman–Crippen LogP) is 5.07. The van der Waals surface area contributed by atoms with Gasteiger partial charge in [0.2, 0.25) is 0 Å². The van der Waals surface area contributed by atoms with Gasteiger partial charge in [-0.2, -0.15) is 0 Å². The van der Waals surface area contributed by atoms with Gasteiger partial charge in [0.15, 0.2) is 5.16 Å². The van der Waals surface area contributed by atoms with Crippen molar-refractivity contribution in [3.8, 4) is 0 Å². The van der Waals surface area contributed by atoms with Crippen molar-refractivity contribution in [2.75, 3.05) is 5.75 Å². The Morgan fingerprint density at radius 1 is 1.05 bits per heavy atom. The molecule has 0 bridgehead atoms. The molecule has 108 valence electrons. The van der Waals surface area contributed by atoms with Gasteiger partial charge in [0.1, 0.15) is 0 Å². The van der Waals surface area contributed by atoms with Gasteiger partial charge in [0.25, 0.3) is 0 Å². The largest absolute Gasteiger partial charge is 0.310 e. The molecule has 0 radical (unpaired) electrons. The minimum atomic E-state index is 0. The van der Waals surface area contributed by atoms with Crippen molar-refractivity contribution in [3.05, 3.63) is 60.2 Å². The number of rotatable bonds is 1. The summed E-state index contributed by atoms with van der Waals surface area (Å²) in [6, 6.07) is 19.4. The van der Waals surface area contributed by atoms with Gasteiger partial charge in [0.05, 0.1) is 17.1 Å². The summed E-state index contributed by atoms with van der Waals surface area (Å²) in [6.45, 7) is 0. The number of benzene rings is 2. The number of halogens is 2. The first-order chi connectivity index (χ1) is 9.84. The van der Waals surface area contributed by atoms with E-state index in [-0.39, 0.29) is 17.0 Å². The molecule has 1 aliphatic rings. The van der Waals surface area contributed by atoms with Crippen LogP contribution in [-0.2, 0) is 0 Å². The summed E-state index contributed by atoms with van der Waals surface area (Å²) in [5.74, 6) is 1.04. The van der Waals surface area contributed by atoms with Crippen LogP contribution in [0.5, 0.6) is 0 Å². The molecule has 2 atom stereocenters. The highest BCUT2D eigenvalue weighted by Gasteiger charge is 2.31. The van der Waals surface area contributed by atoms with E-state index in [1.54, 1.807) is 0 Å². The Morgan fingerprint density at radius 2 is 1.76 bits per heavy atom. The number of hydrogen-bond donors (Lipinski definition) is 0. The summed E-state index contributed by atoms with van der Waals surface area (Å²) in [6.07, 6.45) is 0. The molecule has 21 heavy (non-hydrogen) atoms. The highest BCUT2D eigenvalue weighted by Crippen LogP contribution is 2.41. The molecule has 0 aliphatic carbocycles. The summed E-state index contributed by atoms with van der Waals surface area (Å²) < 4.78 is 2.37. The molecule has 4 rings (SSSR count). The molecule has 2 aromatic carbocycles. The first-order valence-electron chi connectivity index (χ1n) is 6.63. The van der Waals surface area contributed by atoms with Crippen molar-refractivity contribution in [1.82, 2.24) is 9.55 Å². The van der Waals surface area contributed by atoms with Gasteiger partial charge in [-0.3, -0.25) is 0 Å². The third-order valence-electron chi connectivity index (χ3n) is 3.70. The quantitative estimate of drug-likeness (QED) is 0.506. The SMILES string of the molecule is Br.BrC1CSc2nc3ccccc3n2C1c1ccccc1. The lowest BCUT2D eigenvalue weighted by Crippen LogP contribution is -2.27. The minimum Gasteiger partial charge on any atom is -0.310 e. The third kappa shape index (κ3) is 2.56. The molecule has 2 heterocycles. The minimum absolute atomic E-state index is 0. The molecule has 2 nitrogen and oxygen atoms in total. The highest BCUT2D eigenvalue weighted by molar-refractivity contribution is 9.09. The van der Waals surface area contributed by atoms with Crippen LogP contribution in [-0.4, -0.2) is 20.1 Å². The normalized spacial score (nSPS) is 20.8. The Hall–Kier alpha value is -0.780. The van der Waals surface area contributed by atoms with E-state index >= 15 is 0 Å². The maximum atomic E-state index is 4.77. The molecule has 0 saturated heterocycles. The number of fused-ring (bicyclic) bond motifs is 3. The first kappa shape index (κ1) is 15.1. The second-order valence-electron chi connectivity index (χ2n) is 4.94. The number of thioether (sulfide) groups is 1. The van der Waals surface area contributed by atoms with Crippen molar-refractivity contribution in [2.45, 2.75) is 16.0 Å². The lowest BCUT2D eigenvalue weighted by Gasteiger charge is -2.30. The maximum absolute atomic E-state index is 4.77. The summed E-state index contributed by atoms with van der Waals surface area (Å²) in [4.78, 5) is 5.19. The molecular formula is C16H14Br2N2S. The predicted molar refractivity (Wildman–Crippen MR) is 98.1 cm³/mol. The molecule has 0 amide bonds. The van der Waals surface area contributed by atoms with Crippen LogP contribution in [0.4, 0.5) is 0 Å². The lowest BCUT2D eigenvalue weighted by molar-refractivity contribution is 0.544. The van der Waals surface area contributed by atoms with Gasteiger partial charge in [-0.25, -0.2) is 4.98 Å². The fraction of sp³-hybridized carbons (Fsp3) is 0.188. The van der Waals surface area contributed by atoms with Crippen molar-refractivity contribution in [3.63, 3.8) is 0 Å². The average molecular weight is 426 g/mol. The molecule has 0 saturated carbocycles. The zero-order valence-electron chi connectivity index (χ0n) is 11.1. The number of hydrogen-bond acceptors (Lipinski definition) is 2. The van der Waals surface area contributed by atoms with E-state index in [2.05, 4.69) is 75.1 Å². The van der Waals surface area contributed by atoms with E-state index in [0.717, 1.165) is 16.4 Å². The Morgan fingerprint density at radius 3 is 2.57 bits per heavy atom. The van der Waals surface area contributed by atoms with Gasteiger partial charge in [-0.15, -0.1) is 17.0 Å². The molecule has 0 N–H and O–H groups in total. The Balaban J connectivity index is 0.00000132. The number of imidazole rings is 1. The smallest absolute Gasteiger partial charge is 0.169 e. The Kier molecular flexibility index (Phi) is 4.43. The summed E-state index contributed by atoms with van der Waals surface area (Å²) in [5, 5.41) is 1.12. The van der Waals surface area contributed by atoms with Gasteiger partial charge >= 0.3 is 0 Å². The average Bonchev–Trinajstić information content (AvgIpc) is 2.87. The number of alkyl halides is 1. The van der Waals surface area contributed by atoms with Crippen LogP contribution in [0.3, 0.4) is 0 Å². The first-order valence-corrected chi connectivity index (χ1v) is 8.53. The molecule has 5 heteroatoms. The van der Waals surface area contributed by atoms with Crippen LogP contribution >= 0.6 is 44.7 Å². The van der Waals surface area contributed by atoms with Gasteiger partial charge in [-0.1, -0.05) is 70.2 Å². The van der Waals surface area contributed by atoms with Crippen molar-refractivity contribution >= 4 is 55.7 Å². The fourth-order valence-electron chi connectivity index (χ4n) is 2.81. The Labute approximate surface area is 146 Å². The molecule has 3 aromatic rings. The van der Waals surface area contributed by atoms with Crippen LogP contribution in [0.1, 0.15) is 11.6 Å². The second kappa shape index (κ2) is 6.15. The fourth-order valence-corrected chi connectivity index (χ4v) is 4.75. The van der Waals surface area contributed by atoms with Crippen molar-refractivity contribution < 1.29 is 0 Å². The van der Waals surface area contributed by atoms with Gasteiger partial charge in [-0.05, 0) is 17.7 Å². The number of para-hydroxylation sites is 2. The molecule has 1 aliphatic heterocycles. The summed E-state index contributed by atoms with van der Waals surface area (Å²) in [7, 11) is 0. The summed E-state index contributed by atoms with van der Waals surface area (Å²) in [5.41, 5.74) is 3.63. The van der Waals surface area contributed by atoms with Crippen molar-refractivity contribution in [1.29, 1.82) is 0 Å². The van der Waals surface area contributed by atoms with Crippen molar-refractivity contribution in [2.24, 2.45) is 0 Å². The zero-order valence-corrected chi connectivity index (χ0v) is 15.3. The monoisotopic (exact) mass is 424 g/mol. The van der Waals surface area contributed by atoms with Crippen LogP contribution in [0.15, 0.2) is 59.8 Å². The van der Waals surface area contributed by atoms with Gasteiger partial charge in [0, 0.05) is 10.6 Å². The standard InChI is InChI=1S/C16H13BrN2S.BrH/c17-12-10-20-16-18-13-8-4-5-9-14(13)19(16)15(12)11-6-2-1-3-7-11;/h1-9,12,15H,10H2;1H. The van der Waals surface area contributed by atoms with Crippen LogP contribution in [0.2, 0.25) is 0 Å². The van der Waals surface area contributed by atoms with Crippen LogP contribution < -0.4 is 0 Å². The molecule has 1 aromatic heterocycles. The molecule has 0 spiro atoms. The zero-order chi connectivity index (χ0) is 13.5. The van der Waals surface area contributed by atoms with E-state index in [0.29, 0.717) is 10.9 Å². The maximum Gasteiger partial charge on any atom is 0.169 e. The van der Waals surface area contributed by atoms with Crippen LogP contribution in [0, 0.1) is 0 Å². The third-order valence-corrected chi connectivity index (χ3v) is 6.02. The number of nitrogens with zero attached hydrogens (tertiary/aromatic N) is 2. The van der Waals surface area contributed by atoms with Crippen LogP contribution in [0.25, 0.3) is 11.0 Å². The Bertz CT molecular complexity index is 757. The van der Waals surface area contributed by atoms with Gasteiger partial charge < -0.3 is 4.57 Å². The number of aromatic nitrogens is 2. The molecular weight excluding hydrogens is 412 g/mol. The molecule has 0 fully saturated rings. The van der Waals surface area contributed by atoms with E-state index in [1.807, 2.05) is 11.8 Å².